The lowest BCUT2D eigenvalue weighted by molar-refractivity contribution is 0.0153. The lowest BCUT2D eigenvalue weighted by atomic mass is 10.1. The summed E-state index contributed by atoms with van der Waals surface area (Å²) in [5.74, 6) is 5.66. The SMILES string of the molecule is CC(C)(C)OC(=O)N(CCO)CC(O)C#CCCc1ccccc1. The predicted octanol–water partition coefficient (Wildman–Crippen LogP) is 2.21. The fourth-order valence-corrected chi connectivity index (χ4v) is 2.00. The molecule has 0 radical (unpaired) electrons. The van der Waals surface area contributed by atoms with Crippen LogP contribution in [0.3, 0.4) is 0 Å². The predicted molar refractivity (Wildman–Crippen MR) is 93.4 cm³/mol. The van der Waals surface area contributed by atoms with Crippen LogP contribution in [0.5, 0.6) is 0 Å². The maximum absolute atomic E-state index is 12.0. The molecule has 0 saturated carbocycles. The minimum Gasteiger partial charge on any atom is -0.444 e. The van der Waals surface area contributed by atoms with Crippen LogP contribution in [0.4, 0.5) is 4.79 Å². The van der Waals surface area contributed by atoms with E-state index in [1.54, 1.807) is 20.8 Å². The maximum atomic E-state index is 12.0. The Morgan fingerprint density at radius 2 is 1.96 bits per heavy atom. The number of rotatable bonds is 6. The van der Waals surface area contributed by atoms with Gasteiger partial charge < -0.3 is 19.8 Å². The largest absolute Gasteiger partial charge is 0.444 e. The molecule has 1 atom stereocenters. The number of amides is 1. The van der Waals surface area contributed by atoms with Crippen LogP contribution in [-0.4, -0.2) is 52.6 Å². The van der Waals surface area contributed by atoms with Gasteiger partial charge in [-0.05, 0) is 32.8 Å². The fourth-order valence-electron chi connectivity index (χ4n) is 2.00. The van der Waals surface area contributed by atoms with E-state index in [4.69, 9.17) is 9.84 Å². The summed E-state index contributed by atoms with van der Waals surface area (Å²) in [6, 6.07) is 9.98. The van der Waals surface area contributed by atoms with E-state index in [0.717, 1.165) is 6.42 Å². The third-order valence-electron chi connectivity index (χ3n) is 3.07. The molecule has 1 unspecified atom stereocenters. The summed E-state index contributed by atoms with van der Waals surface area (Å²) in [6.07, 6.45) is -0.0953. The van der Waals surface area contributed by atoms with E-state index >= 15 is 0 Å². The molecule has 1 aromatic carbocycles. The Bertz CT molecular complexity index is 554. The molecular weight excluding hydrogens is 306 g/mol. The second-order valence-electron chi connectivity index (χ2n) is 6.47. The molecule has 0 aliphatic rings. The van der Waals surface area contributed by atoms with E-state index in [9.17, 15) is 9.90 Å². The van der Waals surface area contributed by atoms with Crippen LogP contribution in [0.15, 0.2) is 30.3 Å². The molecule has 0 saturated heterocycles. The van der Waals surface area contributed by atoms with E-state index in [-0.39, 0.29) is 19.7 Å². The highest BCUT2D eigenvalue weighted by Gasteiger charge is 2.23. The van der Waals surface area contributed by atoms with Crippen LogP contribution in [0.25, 0.3) is 0 Å². The van der Waals surface area contributed by atoms with Crippen molar-refractivity contribution in [2.45, 2.75) is 45.3 Å². The number of benzene rings is 1. The van der Waals surface area contributed by atoms with Crippen molar-refractivity contribution in [3.8, 4) is 11.8 Å². The van der Waals surface area contributed by atoms with Gasteiger partial charge in [-0.25, -0.2) is 4.79 Å². The third-order valence-corrected chi connectivity index (χ3v) is 3.07. The number of ether oxygens (including phenoxy) is 1. The van der Waals surface area contributed by atoms with Crippen molar-refractivity contribution in [3.63, 3.8) is 0 Å². The molecule has 0 aliphatic heterocycles. The van der Waals surface area contributed by atoms with Crippen LogP contribution < -0.4 is 0 Å². The topological polar surface area (TPSA) is 70.0 Å². The zero-order valence-corrected chi connectivity index (χ0v) is 14.7. The third kappa shape index (κ3) is 8.56. The molecule has 0 aromatic heterocycles. The Morgan fingerprint density at radius 3 is 2.54 bits per heavy atom. The second kappa shape index (κ2) is 9.96. The normalized spacial score (nSPS) is 12.0. The molecule has 0 aliphatic carbocycles. The lowest BCUT2D eigenvalue weighted by Crippen LogP contribution is -2.42. The minimum absolute atomic E-state index is 0.00775. The molecule has 0 fully saturated rings. The van der Waals surface area contributed by atoms with Crippen molar-refractivity contribution < 1.29 is 19.7 Å². The number of aryl methyl sites for hydroxylation is 1. The van der Waals surface area contributed by atoms with Crippen LogP contribution in [0, 0.1) is 11.8 Å². The number of carbonyl (C=O) groups is 1. The number of aliphatic hydroxyl groups is 2. The van der Waals surface area contributed by atoms with Crippen molar-refractivity contribution in [2.24, 2.45) is 0 Å². The van der Waals surface area contributed by atoms with Gasteiger partial charge in [-0.3, -0.25) is 0 Å². The quantitative estimate of drug-likeness (QED) is 0.783. The molecular formula is C19H27NO4. The summed E-state index contributed by atoms with van der Waals surface area (Å²) in [7, 11) is 0. The number of aliphatic hydroxyl groups excluding tert-OH is 2. The number of hydrogen-bond donors (Lipinski definition) is 2. The molecule has 1 amide bonds. The maximum Gasteiger partial charge on any atom is 0.410 e. The van der Waals surface area contributed by atoms with E-state index in [0.29, 0.717) is 6.42 Å². The molecule has 1 aromatic rings. The van der Waals surface area contributed by atoms with Gasteiger partial charge in [0.2, 0.25) is 0 Å². The minimum atomic E-state index is -0.972. The van der Waals surface area contributed by atoms with Crippen LogP contribution in [0.2, 0.25) is 0 Å². The van der Waals surface area contributed by atoms with Crippen LogP contribution in [0.1, 0.15) is 32.8 Å². The van der Waals surface area contributed by atoms with Gasteiger partial charge in [0.25, 0.3) is 0 Å². The van der Waals surface area contributed by atoms with Gasteiger partial charge in [0.05, 0.1) is 13.2 Å². The first-order valence-corrected chi connectivity index (χ1v) is 8.11. The highest BCUT2D eigenvalue weighted by Crippen LogP contribution is 2.10. The Kier molecular flexibility index (Phi) is 8.31. The zero-order chi connectivity index (χ0) is 18.0. The van der Waals surface area contributed by atoms with Gasteiger partial charge in [0.15, 0.2) is 0 Å². The summed E-state index contributed by atoms with van der Waals surface area (Å²) in [5, 5.41) is 19.1. The van der Waals surface area contributed by atoms with E-state index in [1.165, 1.54) is 10.5 Å². The molecule has 0 spiro atoms. The van der Waals surface area contributed by atoms with Crippen molar-refractivity contribution >= 4 is 6.09 Å². The first-order chi connectivity index (χ1) is 11.3. The summed E-state index contributed by atoms with van der Waals surface area (Å²) < 4.78 is 5.25. The van der Waals surface area contributed by atoms with Gasteiger partial charge >= 0.3 is 6.09 Å². The number of nitrogens with zero attached hydrogens (tertiary/aromatic N) is 1. The molecule has 0 bridgehead atoms. The van der Waals surface area contributed by atoms with Crippen molar-refractivity contribution in [1.82, 2.24) is 4.90 Å². The fraction of sp³-hybridized carbons (Fsp3) is 0.526. The molecule has 0 heterocycles. The van der Waals surface area contributed by atoms with Crippen molar-refractivity contribution in [2.75, 3.05) is 19.7 Å². The number of carbonyl (C=O) groups excluding carboxylic acids is 1. The lowest BCUT2D eigenvalue weighted by Gasteiger charge is -2.27. The highest BCUT2D eigenvalue weighted by molar-refractivity contribution is 5.68. The number of hydrogen-bond acceptors (Lipinski definition) is 4. The summed E-state index contributed by atoms with van der Waals surface area (Å²) in [5.41, 5.74) is 0.564. The van der Waals surface area contributed by atoms with Crippen molar-refractivity contribution in [3.05, 3.63) is 35.9 Å². The average molecular weight is 333 g/mol. The Balaban J connectivity index is 2.49. The zero-order valence-electron chi connectivity index (χ0n) is 14.7. The van der Waals surface area contributed by atoms with Crippen molar-refractivity contribution in [1.29, 1.82) is 0 Å². The monoisotopic (exact) mass is 333 g/mol. The standard InChI is InChI=1S/C19H27NO4/c1-19(2,3)24-18(23)20(13-14-21)15-17(22)12-8-7-11-16-9-5-4-6-10-16/h4-6,9-10,17,21-22H,7,11,13-15H2,1-3H3. The van der Waals surface area contributed by atoms with E-state index in [2.05, 4.69) is 11.8 Å². The Hall–Kier alpha value is -2.03. The molecule has 1 rings (SSSR count). The highest BCUT2D eigenvalue weighted by atomic mass is 16.6. The summed E-state index contributed by atoms with van der Waals surface area (Å²) in [4.78, 5) is 13.3. The molecule has 2 N–H and O–H groups in total. The van der Waals surface area contributed by atoms with E-state index < -0.39 is 17.8 Å². The smallest absolute Gasteiger partial charge is 0.410 e. The van der Waals surface area contributed by atoms with Gasteiger partial charge in [0, 0.05) is 13.0 Å². The second-order valence-corrected chi connectivity index (χ2v) is 6.47. The van der Waals surface area contributed by atoms with Crippen LogP contribution >= 0.6 is 0 Å². The molecule has 24 heavy (non-hydrogen) atoms. The first-order valence-electron chi connectivity index (χ1n) is 8.11. The molecule has 5 nitrogen and oxygen atoms in total. The summed E-state index contributed by atoms with van der Waals surface area (Å²) >= 11 is 0. The first kappa shape index (κ1) is 20.0. The van der Waals surface area contributed by atoms with Crippen LogP contribution in [-0.2, 0) is 11.2 Å². The van der Waals surface area contributed by atoms with Gasteiger partial charge in [-0.2, -0.15) is 0 Å². The molecule has 132 valence electrons. The van der Waals surface area contributed by atoms with E-state index in [1.807, 2.05) is 30.3 Å². The van der Waals surface area contributed by atoms with Gasteiger partial charge in [-0.1, -0.05) is 36.3 Å². The van der Waals surface area contributed by atoms with Gasteiger partial charge in [0.1, 0.15) is 11.7 Å². The average Bonchev–Trinajstić information content (AvgIpc) is 2.50. The summed E-state index contributed by atoms with van der Waals surface area (Å²) in [6.45, 7) is 5.20. The van der Waals surface area contributed by atoms with Gasteiger partial charge in [-0.15, -0.1) is 5.92 Å². The molecule has 5 heteroatoms. The Morgan fingerprint density at radius 1 is 1.29 bits per heavy atom. The Labute approximate surface area is 144 Å².